The Balaban J connectivity index is 2.32. The third kappa shape index (κ3) is 2.86. The number of guanidine groups is 1. The van der Waals surface area contributed by atoms with Gasteiger partial charge in [-0.3, -0.25) is 5.32 Å². The van der Waals surface area contributed by atoms with Gasteiger partial charge in [0.15, 0.2) is 6.19 Å². The molecule has 0 saturated carbocycles. The van der Waals surface area contributed by atoms with Crippen LogP contribution in [0.15, 0.2) is 32.1 Å². The topological polar surface area (TPSA) is 149 Å². The lowest BCUT2D eigenvalue weighted by Gasteiger charge is -2.27. The highest BCUT2D eigenvalue weighted by atomic mass is 79.9. The molecule has 1 aliphatic rings. The number of aromatic nitrogens is 1. The molecule has 2 aromatic rings. The van der Waals surface area contributed by atoms with Crippen LogP contribution in [0.2, 0.25) is 0 Å². The number of nitrogens with one attached hydrogen (secondary N) is 2. The SMILES string of the molecule is N#CNC1=NC(c2c(Br)cccc2Br)c2c(nc(N)c(C#N)c2N)N1. The van der Waals surface area contributed by atoms with Gasteiger partial charge in [-0.05, 0) is 12.1 Å². The summed E-state index contributed by atoms with van der Waals surface area (Å²) in [6.45, 7) is 0. The highest BCUT2D eigenvalue weighted by Crippen LogP contribution is 2.44. The second kappa shape index (κ2) is 6.59. The molecule has 124 valence electrons. The molecule has 1 aliphatic heterocycles. The van der Waals surface area contributed by atoms with E-state index in [-0.39, 0.29) is 23.0 Å². The molecule has 8 nitrogen and oxygen atoms in total. The van der Waals surface area contributed by atoms with Gasteiger partial charge in [0, 0.05) is 20.1 Å². The van der Waals surface area contributed by atoms with E-state index in [9.17, 15) is 5.26 Å². The molecular weight excluding hydrogens is 452 g/mol. The number of nitrogen functional groups attached to an aromatic ring is 2. The molecule has 0 fully saturated rings. The first-order chi connectivity index (χ1) is 12.0. The first kappa shape index (κ1) is 17.0. The maximum Gasteiger partial charge on any atom is 0.211 e. The number of rotatable bonds is 1. The van der Waals surface area contributed by atoms with Gasteiger partial charge < -0.3 is 16.8 Å². The van der Waals surface area contributed by atoms with Crippen LogP contribution >= 0.6 is 31.9 Å². The van der Waals surface area contributed by atoms with Crippen molar-refractivity contribution in [1.29, 1.82) is 10.5 Å². The van der Waals surface area contributed by atoms with Crippen molar-refractivity contribution >= 4 is 55.1 Å². The van der Waals surface area contributed by atoms with E-state index in [1.807, 2.05) is 30.5 Å². The maximum atomic E-state index is 9.32. The molecule has 0 radical (unpaired) electrons. The summed E-state index contributed by atoms with van der Waals surface area (Å²) in [5.41, 5.74) is 13.6. The summed E-state index contributed by atoms with van der Waals surface area (Å²) in [5.74, 6) is 0.558. The Bertz CT molecular complexity index is 966. The van der Waals surface area contributed by atoms with Gasteiger partial charge >= 0.3 is 0 Å². The van der Waals surface area contributed by atoms with Crippen molar-refractivity contribution < 1.29 is 0 Å². The number of nitrogens with two attached hydrogens (primary N) is 2. The normalized spacial score (nSPS) is 15.2. The Kier molecular flexibility index (Phi) is 4.49. The maximum absolute atomic E-state index is 9.32. The Morgan fingerprint density at radius 1 is 1.16 bits per heavy atom. The van der Waals surface area contributed by atoms with Gasteiger partial charge in [-0.2, -0.15) is 10.5 Å². The van der Waals surface area contributed by atoms with Crippen LogP contribution < -0.4 is 22.1 Å². The lowest BCUT2D eigenvalue weighted by molar-refractivity contribution is 0.837. The Morgan fingerprint density at radius 2 is 1.84 bits per heavy atom. The van der Waals surface area contributed by atoms with Crippen molar-refractivity contribution in [2.75, 3.05) is 16.8 Å². The minimum Gasteiger partial charge on any atom is -0.397 e. The fraction of sp³-hybridized carbons (Fsp3) is 0.0667. The van der Waals surface area contributed by atoms with Crippen LogP contribution in [0.25, 0.3) is 0 Å². The van der Waals surface area contributed by atoms with E-state index in [0.717, 1.165) is 14.5 Å². The van der Waals surface area contributed by atoms with Crippen LogP contribution in [0, 0.1) is 22.8 Å². The van der Waals surface area contributed by atoms with Crippen molar-refractivity contribution in [3.63, 3.8) is 0 Å². The van der Waals surface area contributed by atoms with Gasteiger partial charge in [-0.1, -0.05) is 37.9 Å². The first-order valence-corrected chi connectivity index (χ1v) is 8.49. The van der Waals surface area contributed by atoms with E-state index in [1.165, 1.54) is 0 Å². The number of pyridine rings is 1. The summed E-state index contributed by atoms with van der Waals surface area (Å²) in [6, 6.07) is 6.96. The highest BCUT2D eigenvalue weighted by Gasteiger charge is 2.31. The van der Waals surface area contributed by atoms with Crippen molar-refractivity contribution in [2.24, 2.45) is 4.99 Å². The van der Waals surface area contributed by atoms with E-state index in [4.69, 9.17) is 16.7 Å². The molecule has 10 heteroatoms. The molecule has 2 heterocycles. The lowest BCUT2D eigenvalue weighted by atomic mass is 9.95. The van der Waals surface area contributed by atoms with Crippen LogP contribution in [0.5, 0.6) is 0 Å². The average Bonchev–Trinajstić information content (AvgIpc) is 2.54. The van der Waals surface area contributed by atoms with Gasteiger partial charge in [0.2, 0.25) is 5.96 Å². The number of anilines is 3. The van der Waals surface area contributed by atoms with E-state index in [2.05, 4.69) is 52.5 Å². The smallest absolute Gasteiger partial charge is 0.211 e. The highest BCUT2D eigenvalue weighted by molar-refractivity contribution is 9.11. The molecule has 25 heavy (non-hydrogen) atoms. The molecule has 3 rings (SSSR count). The van der Waals surface area contributed by atoms with Crippen molar-refractivity contribution in [1.82, 2.24) is 10.3 Å². The van der Waals surface area contributed by atoms with Gasteiger partial charge in [0.05, 0.1) is 5.69 Å². The molecule has 0 bridgehead atoms. The average molecular weight is 462 g/mol. The van der Waals surface area contributed by atoms with Crippen molar-refractivity contribution in [2.45, 2.75) is 6.04 Å². The van der Waals surface area contributed by atoms with Gasteiger partial charge in [-0.25, -0.2) is 9.98 Å². The molecule has 0 saturated heterocycles. The third-order valence-corrected chi connectivity index (χ3v) is 5.01. The second-order valence-electron chi connectivity index (χ2n) is 5.04. The number of hydrogen-bond donors (Lipinski definition) is 4. The minimum absolute atomic E-state index is 0.00870. The third-order valence-electron chi connectivity index (χ3n) is 3.63. The molecule has 1 aromatic heterocycles. The van der Waals surface area contributed by atoms with Crippen LogP contribution in [-0.4, -0.2) is 10.9 Å². The number of benzene rings is 1. The van der Waals surface area contributed by atoms with Gasteiger partial charge in [0.25, 0.3) is 0 Å². The zero-order chi connectivity index (χ0) is 18.1. The molecule has 0 aliphatic carbocycles. The summed E-state index contributed by atoms with van der Waals surface area (Å²) in [6.07, 6.45) is 1.81. The number of aliphatic imine (C=N–C) groups is 1. The molecular formula is C15H10Br2N8. The Hall–Kier alpha value is -2.82. The largest absolute Gasteiger partial charge is 0.397 e. The van der Waals surface area contributed by atoms with Crippen LogP contribution in [-0.2, 0) is 0 Å². The zero-order valence-electron chi connectivity index (χ0n) is 12.5. The molecule has 1 unspecified atom stereocenters. The molecule has 0 spiro atoms. The van der Waals surface area contributed by atoms with Crippen LogP contribution in [0.4, 0.5) is 17.3 Å². The second-order valence-corrected chi connectivity index (χ2v) is 6.75. The van der Waals surface area contributed by atoms with Crippen LogP contribution in [0.3, 0.4) is 0 Å². The monoisotopic (exact) mass is 460 g/mol. The number of fused-ring (bicyclic) bond motifs is 1. The van der Waals surface area contributed by atoms with E-state index in [1.54, 1.807) is 0 Å². The molecule has 1 aromatic carbocycles. The number of nitrogens with zero attached hydrogens (tertiary/aromatic N) is 4. The lowest BCUT2D eigenvalue weighted by Crippen LogP contribution is -2.33. The Labute approximate surface area is 159 Å². The van der Waals surface area contributed by atoms with Crippen molar-refractivity contribution in [3.05, 3.63) is 43.8 Å². The fourth-order valence-electron chi connectivity index (χ4n) is 2.56. The number of nitriles is 2. The summed E-state index contributed by atoms with van der Waals surface area (Å²) in [7, 11) is 0. The zero-order valence-corrected chi connectivity index (χ0v) is 15.7. The Morgan fingerprint density at radius 3 is 2.44 bits per heavy atom. The molecule has 1 atom stereocenters. The predicted molar refractivity (Wildman–Crippen MR) is 101 cm³/mol. The number of halogens is 2. The quantitative estimate of drug-likeness (QED) is 0.376. The molecule has 6 N–H and O–H groups in total. The first-order valence-electron chi connectivity index (χ1n) is 6.90. The van der Waals surface area contributed by atoms with Gasteiger partial charge in [0.1, 0.15) is 29.3 Å². The van der Waals surface area contributed by atoms with Crippen molar-refractivity contribution in [3.8, 4) is 12.3 Å². The summed E-state index contributed by atoms with van der Waals surface area (Å²) >= 11 is 7.02. The van der Waals surface area contributed by atoms with Crippen LogP contribution in [0.1, 0.15) is 22.7 Å². The summed E-state index contributed by atoms with van der Waals surface area (Å²) in [5, 5.41) is 23.6. The van der Waals surface area contributed by atoms with E-state index in [0.29, 0.717) is 11.4 Å². The standard InChI is InChI=1S/C15H10Br2N8/c16-7-2-1-3-8(17)9(7)12-10-11(20)6(4-18)13(21)24-14(10)25-15(23-12)22-5-19/h1-3,12H,(H6,20,21,22,23,24,25). The predicted octanol–water partition coefficient (Wildman–Crippen LogP) is 2.58. The number of hydrogen-bond acceptors (Lipinski definition) is 8. The summed E-state index contributed by atoms with van der Waals surface area (Å²) in [4.78, 5) is 8.73. The van der Waals surface area contributed by atoms with E-state index >= 15 is 0 Å². The molecule has 0 amide bonds. The van der Waals surface area contributed by atoms with Gasteiger partial charge in [-0.15, -0.1) is 0 Å². The minimum atomic E-state index is -0.600. The van der Waals surface area contributed by atoms with E-state index < -0.39 is 6.04 Å². The summed E-state index contributed by atoms with van der Waals surface area (Å²) < 4.78 is 1.57. The fourth-order valence-corrected chi connectivity index (χ4v) is 3.99.